The third kappa shape index (κ3) is 1.66. The van der Waals surface area contributed by atoms with Crippen LogP contribution in [-0.4, -0.2) is 22.5 Å². The smallest absolute Gasteiger partial charge is 0.236 e. The van der Waals surface area contributed by atoms with Crippen LogP contribution >= 0.6 is 11.8 Å². The van der Waals surface area contributed by atoms with Crippen LogP contribution in [0, 0.1) is 0 Å². The van der Waals surface area contributed by atoms with E-state index >= 15 is 0 Å². The Bertz CT molecular complexity index is 266. The first-order chi connectivity index (χ1) is 5.84. The molecule has 1 aliphatic heterocycles. The van der Waals surface area contributed by atoms with Crippen LogP contribution in [-0.2, 0) is 4.79 Å². The maximum atomic E-state index is 10.7. The molecule has 64 valence electrons. The zero-order chi connectivity index (χ0) is 8.39. The highest BCUT2D eigenvalue weighted by molar-refractivity contribution is 8.15. The zero-order valence-electron chi connectivity index (χ0n) is 6.54. The highest BCUT2D eigenvalue weighted by Gasteiger charge is 2.16. The Morgan fingerprint density at radius 2 is 2.17 bits per heavy atom. The number of carbonyl (C=O) groups excluding carboxylic acids is 1. The van der Waals surface area contributed by atoms with Gasteiger partial charge in [-0.05, 0) is 19.3 Å². The number of nitrogens with zero attached hydrogens (tertiary/aromatic N) is 2. The van der Waals surface area contributed by atoms with E-state index in [2.05, 4.69) is 15.5 Å². The Hall–Kier alpha value is -0.840. The Labute approximate surface area is 74.5 Å². The van der Waals surface area contributed by atoms with Crippen molar-refractivity contribution in [2.45, 2.75) is 19.3 Å². The molecule has 2 rings (SSSR count). The molecule has 1 saturated carbocycles. The molecule has 1 saturated heterocycles. The number of amidine groups is 1. The van der Waals surface area contributed by atoms with Crippen molar-refractivity contribution in [1.82, 2.24) is 5.32 Å². The summed E-state index contributed by atoms with van der Waals surface area (Å²) in [5.74, 6) is 0.497. The zero-order valence-corrected chi connectivity index (χ0v) is 7.36. The Morgan fingerprint density at radius 3 is 2.67 bits per heavy atom. The first-order valence-corrected chi connectivity index (χ1v) is 4.89. The molecule has 12 heavy (non-hydrogen) atoms. The molecule has 0 atom stereocenters. The lowest BCUT2D eigenvalue weighted by Crippen LogP contribution is -2.20. The van der Waals surface area contributed by atoms with Gasteiger partial charge in [-0.1, -0.05) is 11.8 Å². The number of nitrogens with one attached hydrogen (secondary N) is 1. The largest absolute Gasteiger partial charge is 0.303 e. The SMILES string of the molecule is O=C1CS/C(=N/N=C2CCC2)N1. The molecule has 1 N–H and O–H groups in total. The van der Waals surface area contributed by atoms with Gasteiger partial charge in [-0.25, -0.2) is 0 Å². The number of rotatable bonds is 1. The second kappa shape index (κ2) is 3.26. The van der Waals surface area contributed by atoms with Crippen LogP contribution < -0.4 is 5.32 Å². The average Bonchev–Trinajstić information content (AvgIpc) is 2.32. The quantitative estimate of drug-likeness (QED) is 0.610. The fraction of sp³-hybridized carbons (Fsp3) is 0.571. The van der Waals surface area contributed by atoms with Crippen LogP contribution in [0.1, 0.15) is 19.3 Å². The summed E-state index contributed by atoms with van der Waals surface area (Å²) in [5, 5.41) is 11.2. The fourth-order valence-electron chi connectivity index (χ4n) is 0.930. The van der Waals surface area contributed by atoms with Gasteiger partial charge in [-0.3, -0.25) is 4.79 Å². The number of carbonyl (C=O) groups is 1. The molecule has 0 aromatic rings. The summed E-state index contributed by atoms with van der Waals surface area (Å²) >= 11 is 1.41. The molecule has 0 aromatic heterocycles. The van der Waals surface area contributed by atoms with E-state index < -0.39 is 0 Å². The van der Waals surface area contributed by atoms with Crippen LogP contribution in [0.5, 0.6) is 0 Å². The lowest BCUT2D eigenvalue weighted by atomic mass is 9.98. The summed E-state index contributed by atoms with van der Waals surface area (Å²) in [4.78, 5) is 10.7. The Kier molecular flexibility index (Phi) is 2.12. The maximum absolute atomic E-state index is 10.7. The van der Waals surface area contributed by atoms with E-state index in [4.69, 9.17) is 0 Å². The van der Waals surface area contributed by atoms with Crippen LogP contribution in [0.15, 0.2) is 10.2 Å². The van der Waals surface area contributed by atoms with Crippen molar-refractivity contribution < 1.29 is 4.79 Å². The van der Waals surface area contributed by atoms with Gasteiger partial charge in [0, 0.05) is 5.71 Å². The Balaban J connectivity index is 1.95. The molecule has 1 heterocycles. The van der Waals surface area contributed by atoms with Crippen LogP contribution in [0.2, 0.25) is 0 Å². The van der Waals surface area contributed by atoms with Crippen molar-refractivity contribution in [1.29, 1.82) is 0 Å². The van der Waals surface area contributed by atoms with Gasteiger partial charge in [0.1, 0.15) is 0 Å². The molecule has 0 spiro atoms. The molecule has 0 radical (unpaired) electrons. The molecule has 0 bridgehead atoms. The van der Waals surface area contributed by atoms with Gasteiger partial charge in [0.05, 0.1) is 5.75 Å². The molecular weight excluding hydrogens is 174 g/mol. The van der Waals surface area contributed by atoms with Gasteiger partial charge in [-0.15, -0.1) is 5.10 Å². The van der Waals surface area contributed by atoms with Crippen molar-refractivity contribution in [3.63, 3.8) is 0 Å². The monoisotopic (exact) mass is 183 g/mol. The van der Waals surface area contributed by atoms with Gasteiger partial charge in [0.2, 0.25) is 5.91 Å². The summed E-state index contributed by atoms with van der Waals surface area (Å²) in [6.45, 7) is 0. The minimum atomic E-state index is 0.0209. The number of hydrogen-bond donors (Lipinski definition) is 1. The second-order valence-electron chi connectivity index (χ2n) is 2.76. The fourth-order valence-corrected chi connectivity index (χ4v) is 1.55. The molecule has 0 unspecified atom stereocenters. The van der Waals surface area contributed by atoms with E-state index in [0.717, 1.165) is 18.6 Å². The summed E-state index contributed by atoms with van der Waals surface area (Å²) < 4.78 is 0. The van der Waals surface area contributed by atoms with E-state index in [1.165, 1.54) is 18.2 Å². The predicted molar refractivity (Wildman–Crippen MR) is 49.3 cm³/mol. The average molecular weight is 183 g/mol. The third-order valence-electron chi connectivity index (χ3n) is 1.80. The molecule has 5 heteroatoms. The van der Waals surface area contributed by atoms with Crippen LogP contribution in [0.25, 0.3) is 0 Å². The minimum Gasteiger partial charge on any atom is -0.303 e. The molecule has 1 aliphatic carbocycles. The lowest BCUT2D eigenvalue weighted by Gasteiger charge is -2.11. The second-order valence-corrected chi connectivity index (χ2v) is 3.73. The number of hydrogen-bond acceptors (Lipinski definition) is 4. The predicted octanol–water partition coefficient (Wildman–Crippen LogP) is 0.745. The molecule has 2 fully saturated rings. The molecular formula is C7H9N3OS. The molecule has 0 aromatic carbocycles. The van der Waals surface area contributed by atoms with Crippen LogP contribution in [0.4, 0.5) is 0 Å². The van der Waals surface area contributed by atoms with E-state index in [-0.39, 0.29) is 5.91 Å². The first-order valence-electron chi connectivity index (χ1n) is 3.90. The topological polar surface area (TPSA) is 53.8 Å². The molecule has 4 nitrogen and oxygen atoms in total. The first kappa shape index (κ1) is 7.79. The number of thioether (sulfide) groups is 1. The maximum Gasteiger partial charge on any atom is 0.236 e. The van der Waals surface area contributed by atoms with Gasteiger partial charge in [-0.2, -0.15) is 5.10 Å². The third-order valence-corrected chi connectivity index (χ3v) is 2.66. The molecule has 1 amide bonds. The van der Waals surface area contributed by atoms with Crippen molar-refractivity contribution in [3.8, 4) is 0 Å². The van der Waals surface area contributed by atoms with Crippen molar-refractivity contribution in [2.75, 3.05) is 5.75 Å². The summed E-state index contributed by atoms with van der Waals surface area (Å²) in [7, 11) is 0. The summed E-state index contributed by atoms with van der Waals surface area (Å²) in [5.41, 5.74) is 1.14. The van der Waals surface area contributed by atoms with Gasteiger partial charge in [0.15, 0.2) is 5.17 Å². The molecule has 2 aliphatic rings. The van der Waals surface area contributed by atoms with Gasteiger partial charge >= 0.3 is 0 Å². The lowest BCUT2D eigenvalue weighted by molar-refractivity contribution is -0.116. The van der Waals surface area contributed by atoms with Crippen LogP contribution in [0.3, 0.4) is 0 Å². The van der Waals surface area contributed by atoms with Crippen molar-refractivity contribution >= 4 is 28.5 Å². The van der Waals surface area contributed by atoms with Gasteiger partial charge in [0.25, 0.3) is 0 Å². The summed E-state index contributed by atoms with van der Waals surface area (Å²) in [6.07, 6.45) is 3.36. The van der Waals surface area contributed by atoms with Gasteiger partial charge < -0.3 is 5.32 Å². The standard InChI is InChI=1S/C7H9N3OS/c11-6-4-12-7(8-6)10-9-5-2-1-3-5/h1-4H2,(H,8,10,11). The minimum absolute atomic E-state index is 0.0209. The highest BCUT2D eigenvalue weighted by Crippen LogP contribution is 2.15. The summed E-state index contributed by atoms with van der Waals surface area (Å²) in [6, 6.07) is 0. The van der Waals surface area contributed by atoms with E-state index in [1.807, 2.05) is 0 Å². The normalized spacial score (nSPS) is 25.5. The van der Waals surface area contributed by atoms with E-state index in [1.54, 1.807) is 0 Å². The Morgan fingerprint density at radius 1 is 1.33 bits per heavy atom. The van der Waals surface area contributed by atoms with E-state index in [0.29, 0.717) is 10.9 Å². The highest BCUT2D eigenvalue weighted by atomic mass is 32.2. The number of amides is 1. The van der Waals surface area contributed by atoms with Crippen molar-refractivity contribution in [3.05, 3.63) is 0 Å². The van der Waals surface area contributed by atoms with Crippen molar-refractivity contribution in [2.24, 2.45) is 10.2 Å². The van der Waals surface area contributed by atoms with E-state index in [9.17, 15) is 4.79 Å².